The van der Waals surface area contributed by atoms with Crippen molar-refractivity contribution in [1.29, 1.82) is 0 Å². The number of nitrogens with zero attached hydrogens (tertiary/aromatic N) is 3. The van der Waals surface area contributed by atoms with Gasteiger partial charge in [0.15, 0.2) is 5.16 Å². The molecule has 3 aromatic rings. The first-order valence-electron chi connectivity index (χ1n) is 7.71. The molecule has 0 radical (unpaired) electrons. The fraction of sp³-hybridized carbons (Fsp3) is 0.167. The molecule has 0 saturated carbocycles. The number of thioether (sulfide) groups is 1. The van der Waals surface area contributed by atoms with E-state index in [2.05, 4.69) is 20.3 Å². The molecule has 4 nitrogen and oxygen atoms in total. The molecule has 0 aliphatic rings. The minimum atomic E-state index is -4.40. The first-order chi connectivity index (χ1) is 12.4. The molecule has 1 heterocycles. The summed E-state index contributed by atoms with van der Waals surface area (Å²) in [5, 5.41) is 3.34. The minimum absolute atomic E-state index is 0.217. The molecule has 1 N–H and O–H groups in total. The summed E-state index contributed by atoms with van der Waals surface area (Å²) in [7, 11) is 0. The van der Waals surface area contributed by atoms with Gasteiger partial charge >= 0.3 is 6.18 Å². The SMILES string of the molecule is CSc1nc(Cc2ccccc2)nc(Nc2cccc(C(F)(F)F)c2)n1. The van der Waals surface area contributed by atoms with Crippen molar-refractivity contribution in [2.75, 3.05) is 11.6 Å². The summed E-state index contributed by atoms with van der Waals surface area (Å²) >= 11 is 1.34. The maximum absolute atomic E-state index is 12.9. The second kappa shape index (κ2) is 7.74. The molecule has 26 heavy (non-hydrogen) atoms. The van der Waals surface area contributed by atoms with Crippen LogP contribution < -0.4 is 5.32 Å². The van der Waals surface area contributed by atoms with Gasteiger partial charge < -0.3 is 5.32 Å². The summed E-state index contributed by atoms with van der Waals surface area (Å²) in [6, 6.07) is 14.6. The summed E-state index contributed by atoms with van der Waals surface area (Å²) in [5.41, 5.74) is 0.575. The Morgan fingerprint density at radius 1 is 0.962 bits per heavy atom. The van der Waals surface area contributed by atoms with Crippen LogP contribution in [0.15, 0.2) is 59.8 Å². The summed E-state index contributed by atoms with van der Waals surface area (Å²) in [6.45, 7) is 0. The van der Waals surface area contributed by atoms with Crippen LogP contribution in [-0.4, -0.2) is 21.2 Å². The van der Waals surface area contributed by atoms with Crippen LogP contribution in [0.4, 0.5) is 24.8 Å². The number of aromatic nitrogens is 3. The molecule has 2 aromatic carbocycles. The topological polar surface area (TPSA) is 50.7 Å². The number of alkyl halides is 3. The Labute approximate surface area is 152 Å². The lowest BCUT2D eigenvalue weighted by molar-refractivity contribution is -0.137. The van der Waals surface area contributed by atoms with Gasteiger partial charge in [0.2, 0.25) is 5.95 Å². The zero-order valence-corrected chi connectivity index (χ0v) is 14.6. The smallest absolute Gasteiger partial charge is 0.324 e. The standard InChI is InChI=1S/C18H15F3N4S/c1-26-17-24-15(10-12-6-3-2-4-7-12)23-16(25-17)22-14-9-5-8-13(11-14)18(19,20)21/h2-9,11H,10H2,1H3,(H,22,23,24,25). The van der Waals surface area contributed by atoms with Crippen LogP contribution in [0.5, 0.6) is 0 Å². The summed E-state index contributed by atoms with van der Waals surface area (Å²) in [6.07, 6.45) is -2.07. The van der Waals surface area contributed by atoms with E-state index in [0.29, 0.717) is 17.4 Å². The monoisotopic (exact) mass is 376 g/mol. The number of rotatable bonds is 5. The average molecular weight is 376 g/mol. The van der Waals surface area contributed by atoms with Gasteiger partial charge in [-0.05, 0) is 30.0 Å². The molecule has 0 atom stereocenters. The molecule has 0 unspecified atom stereocenters. The third kappa shape index (κ3) is 4.72. The fourth-order valence-corrected chi connectivity index (χ4v) is 2.68. The van der Waals surface area contributed by atoms with Crippen molar-refractivity contribution in [3.8, 4) is 0 Å². The molecule has 0 fully saturated rings. The Bertz CT molecular complexity index is 885. The van der Waals surface area contributed by atoms with Crippen molar-refractivity contribution in [2.45, 2.75) is 17.8 Å². The molecule has 3 rings (SSSR count). The van der Waals surface area contributed by atoms with Gasteiger partial charge in [0.25, 0.3) is 0 Å². The third-order valence-electron chi connectivity index (χ3n) is 3.49. The van der Waals surface area contributed by atoms with Gasteiger partial charge in [0.1, 0.15) is 5.82 Å². The minimum Gasteiger partial charge on any atom is -0.324 e. The van der Waals surface area contributed by atoms with Crippen LogP contribution >= 0.6 is 11.8 Å². The Hall–Kier alpha value is -2.61. The van der Waals surface area contributed by atoms with E-state index < -0.39 is 11.7 Å². The molecule has 0 bridgehead atoms. The highest BCUT2D eigenvalue weighted by Crippen LogP contribution is 2.31. The summed E-state index contributed by atoms with van der Waals surface area (Å²) < 4.78 is 38.6. The predicted molar refractivity (Wildman–Crippen MR) is 95.6 cm³/mol. The van der Waals surface area contributed by atoms with Crippen molar-refractivity contribution < 1.29 is 13.2 Å². The highest BCUT2D eigenvalue weighted by atomic mass is 32.2. The molecule has 0 saturated heterocycles. The van der Waals surface area contributed by atoms with Gasteiger partial charge in [-0.2, -0.15) is 23.1 Å². The summed E-state index contributed by atoms with van der Waals surface area (Å²) in [4.78, 5) is 12.9. The van der Waals surface area contributed by atoms with Crippen molar-refractivity contribution in [3.05, 3.63) is 71.5 Å². The van der Waals surface area contributed by atoms with Crippen LogP contribution in [0.1, 0.15) is 17.0 Å². The zero-order valence-electron chi connectivity index (χ0n) is 13.8. The quantitative estimate of drug-likeness (QED) is 0.639. The number of benzene rings is 2. The van der Waals surface area contributed by atoms with Crippen molar-refractivity contribution in [1.82, 2.24) is 15.0 Å². The van der Waals surface area contributed by atoms with Gasteiger partial charge in [-0.15, -0.1) is 0 Å². The van der Waals surface area contributed by atoms with Crippen LogP contribution in [0.3, 0.4) is 0 Å². The van der Waals surface area contributed by atoms with Crippen LogP contribution in [0, 0.1) is 0 Å². The lowest BCUT2D eigenvalue weighted by Gasteiger charge is -2.11. The predicted octanol–water partition coefficient (Wildman–Crippen LogP) is 4.95. The van der Waals surface area contributed by atoms with E-state index in [0.717, 1.165) is 17.7 Å². The number of hydrogen-bond donors (Lipinski definition) is 1. The van der Waals surface area contributed by atoms with Crippen molar-refractivity contribution in [3.63, 3.8) is 0 Å². The molecule has 0 aliphatic carbocycles. The van der Waals surface area contributed by atoms with Crippen LogP contribution in [0.25, 0.3) is 0 Å². The summed E-state index contributed by atoms with van der Waals surface area (Å²) in [5.74, 6) is 0.764. The first-order valence-corrected chi connectivity index (χ1v) is 8.93. The van der Waals surface area contributed by atoms with Gasteiger partial charge in [0.05, 0.1) is 5.56 Å². The van der Waals surface area contributed by atoms with E-state index in [1.807, 2.05) is 36.6 Å². The van der Waals surface area contributed by atoms with Crippen LogP contribution in [-0.2, 0) is 12.6 Å². The lowest BCUT2D eigenvalue weighted by Crippen LogP contribution is -2.07. The van der Waals surface area contributed by atoms with E-state index in [1.165, 1.54) is 23.9 Å². The fourth-order valence-electron chi connectivity index (χ4n) is 2.31. The number of hydrogen-bond acceptors (Lipinski definition) is 5. The Morgan fingerprint density at radius 3 is 2.42 bits per heavy atom. The molecule has 0 spiro atoms. The zero-order chi connectivity index (χ0) is 18.6. The second-order valence-electron chi connectivity index (χ2n) is 5.43. The molecule has 134 valence electrons. The number of halogens is 3. The number of nitrogens with one attached hydrogen (secondary N) is 1. The van der Waals surface area contributed by atoms with E-state index in [4.69, 9.17) is 0 Å². The van der Waals surface area contributed by atoms with E-state index in [-0.39, 0.29) is 11.6 Å². The molecule has 0 aliphatic heterocycles. The first kappa shape index (κ1) is 18.2. The van der Waals surface area contributed by atoms with E-state index in [9.17, 15) is 13.2 Å². The maximum Gasteiger partial charge on any atom is 0.416 e. The van der Waals surface area contributed by atoms with E-state index in [1.54, 1.807) is 0 Å². The van der Waals surface area contributed by atoms with Crippen LogP contribution in [0.2, 0.25) is 0 Å². The second-order valence-corrected chi connectivity index (χ2v) is 6.20. The molecule has 0 amide bonds. The third-order valence-corrected chi connectivity index (χ3v) is 4.04. The molecular formula is C18H15F3N4S. The van der Waals surface area contributed by atoms with Gasteiger partial charge in [0, 0.05) is 12.1 Å². The highest BCUT2D eigenvalue weighted by molar-refractivity contribution is 7.98. The number of anilines is 2. The Morgan fingerprint density at radius 2 is 1.73 bits per heavy atom. The average Bonchev–Trinajstić information content (AvgIpc) is 2.62. The normalized spacial score (nSPS) is 11.4. The van der Waals surface area contributed by atoms with Gasteiger partial charge in [-0.1, -0.05) is 48.2 Å². The highest BCUT2D eigenvalue weighted by Gasteiger charge is 2.30. The largest absolute Gasteiger partial charge is 0.416 e. The van der Waals surface area contributed by atoms with Crippen molar-refractivity contribution >= 4 is 23.4 Å². The molecule has 1 aromatic heterocycles. The van der Waals surface area contributed by atoms with Gasteiger partial charge in [-0.25, -0.2) is 4.98 Å². The maximum atomic E-state index is 12.9. The molecular weight excluding hydrogens is 361 g/mol. The van der Waals surface area contributed by atoms with Crippen molar-refractivity contribution in [2.24, 2.45) is 0 Å². The Balaban J connectivity index is 1.87. The van der Waals surface area contributed by atoms with E-state index >= 15 is 0 Å². The Kier molecular flexibility index (Phi) is 5.41. The lowest BCUT2D eigenvalue weighted by atomic mass is 10.1. The van der Waals surface area contributed by atoms with Gasteiger partial charge in [-0.3, -0.25) is 0 Å². The molecule has 8 heteroatoms.